The number of hydrogen-bond donors (Lipinski definition) is 0. The van der Waals surface area contributed by atoms with Gasteiger partial charge in [-0.1, -0.05) is 176 Å². The van der Waals surface area contributed by atoms with Crippen LogP contribution in [0, 0.1) is 0 Å². The number of rotatable bonds is 6. The summed E-state index contributed by atoms with van der Waals surface area (Å²) in [4.78, 5) is 10.5. The van der Waals surface area contributed by atoms with E-state index in [0.717, 1.165) is 77.8 Å². The Morgan fingerprint density at radius 1 is 0.359 bits per heavy atom. The summed E-state index contributed by atoms with van der Waals surface area (Å²) in [6.45, 7) is 0. The topological polar surface area (TPSA) is 57.4 Å². The van der Waals surface area contributed by atoms with E-state index in [-0.39, 0.29) is 0 Å². The Morgan fingerprint density at radius 3 is 1.75 bits per heavy atom. The molecule has 300 valence electrons. The SMILES string of the molecule is c1ccc(-c2cc(-c3ccc4c(c3)oc3ccccc34)nc(-c3ccccc3-c3ccc4c(c3)Oc3c(ccc5c3-c3ccccc3C5(c3ccccc3)c3ccccc3)O4)n2)cc1. The molecule has 3 heterocycles. The predicted molar refractivity (Wildman–Crippen MR) is 255 cm³/mol. The van der Waals surface area contributed by atoms with E-state index in [0.29, 0.717) is 28.8 Å². The predicted octanol–water partition coefficient (Wildman–Crippen LogP) is 15.3. The Kier molecular flexibility index (Phi) is 8.06. The number of nitrogens with zero attached hydrogens (tertiary/aromatic N) is 2. The van der Waals surface area contributed by atoms with E-state index in [1.54, 1.807) is 0 Å². The van der Waals surface area contributed by atoms with Crippen molar-refractivity contribution in [3.63, 3.8) is 0 Å². The fraction of sp³-hybridized carbons (Fsp3) is 0.0169. The van der Waals surface area contributed by atoms with Gasteiger partial charge in [0.05, 0.1) is 16.8 Å². The third-order valence-corrected chi connectivity index (χ3v) is 12.9. The maximum atomic E-state index is 7.10. The van der Waals surface area contributed by atoms with Crippen molar-refractivity contribution >= 4 is 21.9 Å². The Morgan fingerprint density at radius 2 is 0.969 bits per heavy atom. The minimum atomic E-state index is -0.557. The number of hydrogen-bond acceptors (Lipinski definition) is 5. The summed E-state index contributed by atoms with van der Waals surface area (Å²) in [5.74, 6) is 3.31. The molecule has 2 aliphatic rings. The zero-order valence-corrected chi connectivity index (χ0v) is 34.4. The van der Waals surface area contributed by atoms with Gasteiger partial charge in [0.1, 0.15) is 11.2 Å². The number of aromatic nitrogens is 2. The summed E-state index contributed by atoms with van der Waals surface area (Å²) in [7, 11) is 0. The summed E-state index contributed by atoms with van der Waals surface area (Å²) in [5.41, 5.74) is 14.4. The molecule has 0 spiro atoms. The molecule has 1 aliphatic heterocycles. The largest absolute Gasteiger partial charge is 0.456 e. The van der Waals surface area contributed by atoms with Gasteiger partial charge in [-0.15, -0.1) is 0 Å². The second kappa shape index (κ2) is 14.3. The van der Waals surface area contributed by atoms with Crippen LogP contribution < -0.4 is 9.47 Å². The molecule has 1 aliphatic carbocycles. The molecule has 0 bridgehead atoms. The number of para-hydroxylation sites is 1. The highest BCUT2D eigenvalue weighted by Gasteiger charge is 2.48. The third-order valence-electron chi connectivity index (χ3n) is 12.9. The Bertz CT molecular complexity index is 3580. The van der Waals surface area contributed by atoms with Crippen LogP contribution >= 0.6 is 0 Å². The third kappa shape index (κ3) is 5.51. The maximum Gasteiger partial charge on any atom is 0.178 e. The Balaban J connectivity index is 0.938. The normalized spacial score (nSPS) is 13.1. The molecule has 13 rings (SSSR count). The fourth-order valence-corrected chi connectivity index (χ4v) is 10.0. The molecule has 0 N–H and O–H groups in total. The molecule has 0 radical (unpaired) electrons. The van der Waals surface area contributed by atoms with E-state index in [1.807, 2.05) is 48.5 Å². The first-order chi connectivity index (χ1) is 31.7. The lowest BCUT2D eigenvalue weighted by Gasteiger charge is -2.34. The van der Waals surface area contributed by atoms with Crippen LogP contribution in [-0.4, -0.2) is 9.97 Å². The smallest absolute Gasteiger partial charge is 0.178 e. The van der Waals surface area contributed by atoms with Crippen molar-refractivity contribution in [2.75, 3.05) is 0 Å². The molecule has 0 amide bonds. The molecule has 0 saturated heterocycles. The highest BCUT2D eigenvalue weighted by atomic mass is 16.6. The summed E-state index contributed by atoms with van der Waals surface area (Å²) >= 11 is 0. The van der Waals surface area contributed by atoms with Gasteiger partial charge >= 0.3 is 0 Å². The molecule has 0 fully saturated rings. The molecular weight excluding hydrogens is 785 g/mol. The van der Waals surface area contributed by atoms with Crippen molar-refractivity contribution in [3.8, 4) is 79.2 Å². The number of fused-ring (bicyclic) bond motifs is 9. The van der Waals surface area contributed by atoms with Gasteiger partial charge in [0.15, 0.2) is 28.8 Å². The first-order valence-corrected chi connectivity index (χ1v) is 21.5. The summed E-state index contributed by atoms with van der Waals surface area (Å²) in [6.07, 6.45) is 0. The van der Waals surface area contributed by atoms with E-state index in [1.165, 1.54) is 16.7 Å². The highest BCUT2D eigenvalue weighted by molar-refractivity contribution is 6.06. The van der Waals surface area contributed by atoms with Gasteiger partial charge in [-0.2, -0.15) is 0 Å². The second-order valence-corrected chi connectivity index (χ2v) is 16.4. The summed E-state index contributed by atoms with van der Waals surface area (Å²) in [5, 5.41) is 2.17. The van der Waals surface area contributed by atoms with E-state index < -0.39 is 5.41 Å². The van der Waals surface area contributed by atoms with Crippen LogP contribution in [0.5, 0.6) is 23.0 Å². The average Bonchev–Trinajstić information content (AvgIpc) is 3.90. The molecule has 0 unspecified atom stereocenters. The molecule has 9 aromatic carbocycles. The van der Waals surface area contributed by atoms with Gasteiger partial charge in [0, 0.05) is 33.0 Å². The zero-order chi connectivity index (χ0) is 42.2. The van der Waals surface area contributed by atoms with Crippen LogP contribution in [0.1, 0.15) is 22.3 Å². The van der Waals surface area contributed by atoms with Crippen LogP contribution in [0.4, 0.5) is 0 Å². The van der Waals surface area contributed by atoms with Gasteiger partial charge in [-0.25, -0.2) is 9.97 Å². The lowest BCUT2D eigenvalue weighted by Crippen LogP contribution is -2.28. The van der Waals surface area contributed by atoms with Crippen LogP contribution in [0.3, 0.4) is 0 Å². The minimum Gasteiger partial charge on any atom is -0.456 e. The van der Waals surface area contributed by atoms with E-state index in [4.69, 9.17) is 23.9 Å². The molecule has 5 nitrogen and oxygen atoms in total. The van der Waals surface area contributed by atoms with Crippen molar-refractivity contribution in [1.29, 1.82) is 0 Å². The highest BCUT2D eigenvalue weighted by Crippen LogP contribution is 2.62. The standard InChI is InChI=1S/C59H36N2O3/c1-4-16-37(17-5-1)49-36-50(39-28-30-44-43-23-13-15-27-51(43)62-54(44)35-39)61-58(60-49)45-24-11-10-22-42(45)38-29-32-52-55(34-38)64-57-53(63-52)33-31-48-56(57)46-25-12-14-26-47(46)59(48,40-18-6-2-7-19-40)41-20-8-3-9-21-41/h1-36H. The summed E-state index contributed by atoms with van der Waals surface area (Å²) < 4.78 is 20.1. The van der Waals surface area contributed by atoms with Crippen molar-refractivity contribution in [1.82, 2.24) is 9.97 Å². The maximum absolute atomic E-state index is 7.10. The quantitative estimate of drug-likeness (QED) is 0.167. The van der Waals surface area contributed by atoms with Gasteiger partial charge in [0.25, 0.3) is 0 Å². The van der Waals surface area contributed by atoms with Crippen LogP contribution in [0.25, 0.3) is 78.1 Å². The molecule has 11 aromatic rings. The van der Waals surface area contributed by atoms with Crippen molar-refractivity contribution in [2.45, 2.75) is 5.41 Å². The summed E-state index contributed by atoms with van der Waals surface area (Å²) in [6, 6.07) is 75.8. The second-order valence-electron chi connectivity index (χ2n) is 16.4. The van der Waals surface area contributed by atoms with Gasteiger partial charge < -0.3 is 13.9 Å². The van der Waals surface area contributed by atoms with E-state index in [9.17, 15) is 0 Å². The zero-order valence-electron chi connectivity index (χ0n) is 34.4. The molecule has 5 heteroatoms. The van der Waals surface area contributed by atoms with Gasteiger partial charge in [-0.05, 0) is 81.4 Å². The Hall–Kier alpha value is -8.54. The lowest BCUT2D eigenvalue weighted by atomic mass is 9.68. The van der Waals surface area contributed by atoms with Crippen LogP contribution in [0.15, 0.2) is 223 Å². The van der Waals surface area contributed by atoms with Crippen LogP contribution in [-0.2, 0) is 5.41 Å². The molecule has 64 heavy (non-hydrogen) atoms. The lowest BCUT2D eigenvalue weighted by molar-refractivity contribution is 0.360. The van der Waals surface area contributed by atoms with Crippen molar-refractivity contribution < 1.29 is 13.9 Å². The number of ether oxygens (including phenoxy) is 2. The van der Waals surface area contributed by atoms with Crippen LogP contribution in [0.2, 0.25) is 0 Å². The van der Waals surface area contributed by atoms with Gasteiger partial charge in [-0.3, -0.25) is 0 Å². The molecular formula is C59H36N2O3. The van der Waals surface area contributed by atoms with Crippen molar-refractivity contribution in [2.24, 2.45) is 0 Å². The van der Waals surface area contributed by atoms with Gasteiger partial charge in [0.2, 0.25) is 0 Å². The minimum absolute atomic E-state index is 0.557. The molecule has 0 atom stereocenters. The molecule has 2 aromatic heterocycles. The first-order valence-electron chi connectivity index (χ1n) is 21.5. The van der Waals surface area contributed by atoms with E-state index in [2.05, 4.69) is 170 Å². The average molecular weight is 821 g/mol. The van der Waals surface area contributed by atoms with E-state index >= 15 is 0 Å². The Labute approximate surface area is 369 Å². The molecule has 0 saturated carbocycles. The fourth-order valence-electron chi connectivity index (χ4n) is 10.0. The number of furan rings is 1. The first kappa shape index (κ1) is 36.1. The van der Waals surface area contributed by atoms with Crippen molar-refractivity contribution in [3.05, 3.63) is 241 Å². The monoisotopic (exact) mass is 820 g/mol. The number of benzene rings is 9.